The molecule has 6 aromatic rings. The fraction of sp³-hybridized carbons (Fsp3) is 0.242. The molecular formula is C33H34FN9O. The van der Waals surface area contributed by atoms with Gasteiger partial charge in [0.15, 0.2) is 5.82 Å². The molecule has 1 amide bonds. The molecule has 0 atom stereocenters. The topological polar surface area (TPSA) is 128 Å². The van der Waals surface area contributed by atoms with Crippen molar-refractivity contribution in [2.24, 2.45) is 5.92 Å². The lowest BCUT2D eigenvalue weighted by Gasteiger charge is -2.12. The Hall–Kier alpha value is -5.16. The Morgan fingerprint density at radius 2 is 1.80 bits per heavy atom. The van der Waals surface area contributed by atoms with Crippen LogP contribution in [-0.2, 0) is 4.79 Å². The Labute approximate surface area is 254 Å². The van der Waals surface area contributed by atoms with E-state index in [0.717, 1.165) is 34.1 Å². The largest absolute Gasteiger partial charge is 0.384 e. The van der Waals surface area contributed by atoms with Crippen molar-refractivity contribution in [1.29, 1.82) is 0 Å². The van der Waals surface area contributed by atoms with Gasteiger partial charge in [0.2, 0.25) is 5.91 Å². The van der Waals surface area contributed by atoms with E-state index in [1.165, 1.54) is 12.1 Å². The van der Waals surface area contributed by atoms with Crippen LogP contribution in [0.2, 0.25) is 0 Å². The first-order valence-electron chi connectivity index (χ1n) is 14.5. The molecule has 0 fully saturated rings. The monoisotopic (exact) mass is 591 g/mol. The maximum Gasteiger partial charge on any atom is 0.224 e. The zero-order valence-corrected chi connectivity index (χ0v) is 25.1. The average Bonchev–Trinajstić information content (AvgIpc) is 3.60. The number of benzene rings is 2. The highest BCUT2D eigenvalue weighted by atomic mass is 19.1. The van der Waals surface area contributed by atoms with E-state index in [4.69, 9.17) is 4.98 Å². The van der Waals surface area contributed by atoms with Gasteiger partial charge in [-0.2, -0.15) is 5.10 Å². The number of rotatable bonds is 10. The van der Waals surface area contributed by atoms with E-state index in [2.05, 4.69) is 40.7 Å². The lowest BCUT2D eigenvalue weighted by Crippen LogP contribution is -2.20. The number of carbonyl (C=O) groups is 1. The van der Waals surface area contributed by atoms with Crippen molar-refractivity contribution in [1.82, 2.24) is 35.0 Å². The van der Waals surface area contributed by atoms with E-state index in [1.807, 2.05) is 64.3 Å². The number of anilines is 2. The first-order valence-corrected chi connectivity index (χ1v) is 14.5. The molecule has 11 heteroatoms. The standard InChI is InChI=1S/C33H34FN9O/c1-19(2)11-29(44)38-25-14-22(17-35-18-25)20-5-6-27-26(15-20)31(42-41-27)33-39-28-7-8-37-30(32(28)40-33)21-12-23(34)16-24(13-21)36-9-10-43(3)4/h5-8,12-19,36H,9-11H2,1-4H3,(H,38,44)(H,39,40)(H,41,42). The third-order valence-corrected chi connectivity index (χ3v) is 7.20. The molecule has 4 heterocycles. The number of likely N-dealkylation sites (N-methyl/N-ethyl adjacent to an activating group) is 1. The second-order valence-electron chi connectivity index (χ2n) is 11.5. The van der Waals surface area contributed by atoms with Crippen LogP contribution in [0.25, 0.3) is 55.8 Å². The van der Waals surface area contributed by atoms with Crippen LogP contribution in [0.15, 0.2) is 67.1 Å². The summed E-state index contributed by atoms with van der Waals surface area (Å²) in [6.45, 7) is 5.52. The van der Waals surface area contributed by atoms with Gasteiger partial charge in [0, 0.05) is 54.1 Å². The van der Waals surface area contributed by atoms with Crippen LogP contribution in [0.3, 0.4) is 0 Å². The number of carbonyl (C=O) groups excluding carboxylic acids is 1. The number of imidazole rings is 1. The van der Waals surface area contributed by atoms with Gasteiger partial charge in [-0.3, -0.25) is 19.9 Å². The zero-order chi connectivity index (χ0) is 30.8. The second-order valence-corrected chi connectivity index (χ2v) is 11.5. The van der Waals surface area contributed by atoms with Gasteiger partial charge in [0.05, 0.1) is 28.6 Å². The maximum atomic E-state index is 14.7. The second kappa shape index (κ2) is 12.2. The minimum absolute atomic E-state index is 0.0414. The van der Waals surface area contributed by atoms with Crippen molar-refractivity contribution in [3.05, 3.63) is 72.9 Å². The van der Waals surface area contributed by atoms with Crippen molar-refractivity contribution >= 4 is 39.2 Å². The highest BCUT2D eigenvalue weighted by Crippen LogP contribution is 2.33. The fourth-order valence-electron chi connectivity index (χ4n) is 5.13. The number of amides is 1. The lowest BCUT2D eigenvalue weighted by atomic mass is 10.0. The summed E-state index contributed by atoms with van der Waals surface area (Å²) in [4.78, 5) is 31.6. The highest BCUT2D eigenvalue weighted by Gasteiger charge is 2.17. The van der Waals surface area contributed by atoms with Crippen molar-refractivity contribution in [2.75, 3.05) is 37.8 Å². The molecule has 4 N–H and O–H groups in total. The normalized spacial score (nSPS) is 11.6. The van der Waals surface area contributed by atoms with Gasteiger partial charge < -0.3 is 20.5 Å². The van der Waals surface area contributed by atoms with E-state index in [-0.39, 0.29) is 17.6 Å². The van der Waals surface area contributed by atoms with Crippen LogP contribution in [0.1, 0.15) is 20.3 Å². The number of halogens is 1. The summed E-state index contributed by atoms with van der Waals surface area (Å²) in [6, 6.07) is 14.6. The number of aromatic amines is 2. The van der Waals surface area contributed by atoms with Gasteiger partial charge in [-0.25, -0.2) is 9.37 Å². The molecule has 0 saturated carbocycles. The summed E-state index contributed by atoms with van der Waals surface area (Å²) in [5.74, 6) is 0.430. The van der Waals surface area contributed by atoms with E-state index >= 15 is 0 Å². The molecule has 0 aliphatic heterocycles. The van der Waals surface area contributed by atoms with Gasteiger partial charge in [-0.05, 0) is 68.0 Å². The number of nitrogens with one attached hydrogen (secondary N) is 4. The Balaban J connectivity index is 1.33. The molecule has 6 rings (SSSR count). The van der Waals surface area contributed by atoms with E-state index < -0.39 is 0 Å². The summed E-state index contributed by atoms with van der Waals surface area (Å²) in [7, 11) is 3.99. The number of aromatic nitrogens is 6. The predicted molar refractivity (Wildman–Crippen MR) is 173 cm³/mol. The maximum absolute atomic E-state index is 14.7. The Morgan fingerprint density at radius 1 is 0.955 bits per heavy atom. The van der Waals surface area contributed by atoms with Crippen molar-refractivity contribution in [3.8, 4) is 33.9 Å². The molecule has 0 aliphatic carbocycles. The predicted octanol–water partition coefficient (Wildman–Crippen LogP) is 6.33. The van der Waals surface area contributed by atoms with E-state index in [1.54, 1.807) is 18.6 Å². The van der Waals surface area contributed by atoms with E-state index in [9.17, 15) is 9.18 Å². The summed E-state index contributed by atoms with van der Waals surface area (Å²) in [6.07, 6.45) is 5.54. The summed E-state index contributed by atoms with van der Waals surface area (Å²) in [5.41, 5.74) is 7.17. The van der Waals surface area contributed by atoms with Gasteiger partial charge >= 0.3 is 0 Å². The first-order chi connectivity index (χ1) is 21.2. The summed E-state index contributed by atoms with van der Waals surface area (Å²) < 4.78 is 14.7. The summed E-state index contributed by atoms with van der Waals surface area (Å²) in [5, 5.41) is 14.8. The molecule has 10 nitrogen and oxygen atoms in total. The first kappa shape index (κ1) is 28.9. The smallest absolute Gasteiger partial charge is 0.224 e. The fourth-order valence-corrected chi connectivity index (χ4v) is 5.13. The molecule has 0 bridgehead atoms. The van der Waals surface area contributed by atoms with Crippen LogP contribution < -0.4 is 10.6 Å². The quantitative estimate of drug-likeness (QED) is 0.147. The van der Waals surface area contributed by atoms with Crippen molar-refractivity contribution in [3.63, 3.8) is 0 Å². The molecule has 2 aromatic carbocycles. The minimum atomic E-state index is -0.353. The number of fused-ring (bicyclic) bond motifs is 2. The van der Waals surface area contributed by atoms with Gasteiger partial charge in [0.25, 0.3) is 0 Å². The average molecular weight is 592 g/mol. The molecule has 4 aromatic heterocycles. The van der Waals surface area contributed by atoms with Crippen molar-refractivity contribution < 1.29 is 9.18 Å². The molecular weight excluding hydrogens is 557 g/mol. The zero-order valence-electron chi connectivity index (χ0n) is 25.1. The van der Waals surface area contributed by atoms with E-state index in [0.29, 0.717) is 52.6 Å². The third kappa shape index (κ3) is 6.28. The number of H-pyrrole nitrogens is 2. The van der Waals surface area contributed by atoms with Crippen molar-refractivity contribution in [2.45, 2.75) is 20.3 Å². The van der Waals surface area contributed by atoms with Gasteiger partial charge in [-0.1, -0.05) is 19.9 Å². The van der Waals surface area contributed by atoms with Crippen LogP contribution in [0.5, 0.6) is 0 Å². The molecule has 0 aliphatic rings. The van der Waals surface area contributed by atoms with Gasteiger partial charge in [0.1, 0.15) is 17.0 Å². The minimum Gasteiger partial charge on any atom is -0.384 e. The number of hydrogen-bond donors (Lipinski definition) is 4. The van der Waals surface area contributed by atoms with Crippen LogP contribution in [0.4, 0.5) is 15.8 Å². The summed E-state index contributed by atoms with van der Waals surface area (Å²) >= 11 is 0. The molecule has 0 spiro atoms. The third-order valence-electron chi connectivity index (χ3n) is 7.20. The number of hydrogen-bond acceptors (Lipinski definition) is 7. The lowest BCUT2D eigenvalue weighted by molar-refractivity contribution is -0.116. The number of nitrogens with zero attached hydrogens (tertiary/aromatic N) is 5. The molecule has 0 unspecified atom stereocenters. The Bertz CT molecular complexity index is 1960. The molecule has 44 heavy (non-hydrogen) atoms. The molecule has 0 saturated heterocycles. The molecule has 224 valence electrons. The van der Waals surface area contributed by atoms with Crippen LogP contribution in [0, 0.1) is 11.7 Å². The Kier molecular flexibility index (Phi) is 8.03. The van der Waals surface area contributed by atoms with Crippen LogP contribution in [-0.4, -0.2) is 68.1 Å². The highest BCUT2D eigenvalue weighted by molar-refractivity contribution is 5.98. The van der Waals surface area contributed by atoms with Gasteiger partial charge in [-0.15, -0.1) is 0 Å². The number of pyridine rings is 2. The van der Waals surface area contributed by atoms with Crippen LogP contribution >= 0.6 is 0 Å². The Morgan fingerprint density at radius 3 is 2.61 bits per heavy atom. The SMILES string of the molecule is CC(C)CC(=O)Nc1cncc(-c2ccc3[nH]nc(-c4nc5c(-c6cc(F)cc(NCCN(C)C)c6)nccc5[nH]4)c3c2)c1. The molecule has 0 radical (unpaired) electrons.